The summed E-state index contributed by atoms with van der Waals surface area (Å²) in [4.78, 5) is 12.0. The molecule has 0 bridgehead atoms. The lowest BCUT2D eigenvalue weighted by Crippen LogP contribution is -2.14. The molecule has 104 valence electrons. The normalized spacial score (nSPS) is 10.3. The van der Waals surface area contributed by atoms with Crippen LogP contribution >= 0.6 is 0 Å². The summed E-state index contributed by atoms with van der Waals surface area (Å²) < 4.78 is 4.88. The number of aromatic nitrogens is 3. The SMILES string of the molecule is Cc1cc(NC(=O)c2ccc(-c3ccccc3)nn2)no1. The number of carbonyl (C=O) groups is 1. The summed E-state index contributed by atoms with van der Waals surface area (Å²) in [6.07, 6.45) is 0. The van der Waals surface area contributed by atoms with Crippen molar-refractivity contribution in [3.05, 3.63) is 60.0 Å². The van der Waals surface area contributed by atoms with Crippen molar-refractivity contribution in [3.63, 3.8) is 0 Å². The van der Waals surface area contributed by atoms with Crippen LogP contribution in [0.15, 0.2) is 53.1 Å². The number of anilines is 1. The van der Waals surface area contributed by atoms with Crippen molar-refractivity contribution in [2.75, 3.05) is 5.32 Å². The highest BCUT2D eigenvalue weighted by Crippen LogP contribution is 2.15. The molecule has 0 aliphatic rings. The molecule has 1 aromatic carbocycles. The van der Waals surface area contributed by atoms with Crippen molar-refractivity contribution in [2.24, 2.45) is 0 Å². The van der Waals surface area contributed by atoms with Crippen LogP contribution in [0.25, 0.3) is 11.3 Å². The van der Waals surface area contributed by atoms with Gasteiger partial charge in [-0.2, -0.15) is 0 Å². The van der Waals surface area contributed by atoms with Crippen LogP contribution in [0.4, 0.5) is 5.82 Å². The first-order valence-corrected chi connectivity index (χ1v) is 6.36. The molecule has 0 aliphatic carbocycles. The van der Waals surface area contributed by atoms with E-state index in [2.05, 4.69) is 20.7 Å². The van der Waals surface area contributed by atoms with Crippen LogP contribution in [0.2, 0.25) is 0 Å². The quantitative estimate of drug-likeness (QED) is 0.797. The molecule has 2 heterocycles. The van der Waals surface area contributed by atoms with Gasteiger partial charge in [0.1, 0.15) is 5.76 Å². The second-order valence-electron chi connectivity index (χ2n) is 4.45. The minimum atomic E-state index is -0.379. The summed E-state index contributed by atoms with van der Waals surface area (Å²) >= 11 is 0. The van der Waals surface area contributed by atoms with Crippen molar-refractivity contribution in [3.8, 4) is 11.3 Å². The Labute approximate surface area is 120 Å². The Hall–Kier alpha value is -3.02. The summed E-state index contributed by atoms with van der Waals surface area (Å²) in [6, 6.07) is 14.6. The highest BCUT2D eigenvalue weighted by molar-refractivity contribution is 6.02. The number of carbonyl (C=O) groups excluding carboxylic acids is 1. The number of amides is 1. The van der Waals surface area contributed by atoms with Gasteiger partial charge in [-0.3, -0.25) is 4.79 Å². The summed E-state index contributed by atoms with van der Waals surface area (Å²) in [5.74, 6) is 0.595. The van der Waals surface area contributed by atoms with Crippen molar-refractivity contribution >= 4 is 11.7 Å². The van der Waals surface area contributed by atoms with E-state index in [1.807, 2.05) is 30.3 Å². The Morgan fingerprint density at radius 3 is 2.52 bits per heavy atom. The first-order valence-electron chi connectivity index (χ1n) is 6.36. The molecule has 1 amide bonds. The monoisotopic (exact) mass is 280 g/mol. The van der Waals surface area contributed by atoms with Crippen LogP contribution < -0.4 is 5.32 Å². The van der Waals surface area contributed by atoms with E-state index in [4.69, 9.17) is 4.52 Å². The van der Waals surface area contributed by atoms with E-state index in [0.717, 1.165) is 5.56 Å². The largest absolute Gasteiger partial charge is 0.360 e. The van der Waals surface area contributed by atoms with Crippen LogP contribution in [-0.4, -0.2) is 21.3 Å². The van der Waals surface area contributed by atoms with Crippen LogP contribution in [0, 0.1) is 6.92 Å². The fraction of sp³-hybridized carbons (Fsp3) is 0.0667. The summed E-state index contributed by atoms with van der Waals surface area (Å²) in [5.41, 5.74) is 1.88. The minimum absolute atomic E-state index is 0.218. The van der Waals surface area contributed by atoms with Gasteiger partial charge in [-0.25, -0.2) is 0 Å². The van der Waals surface area contributed by atoms with E-state index in [1.165, 1.54) is 0 Å². The van der Waals surface area contributed by atoms with Gasteiger partial charge >= 0.3 is 0 Å². The van der Waals surface area contributed by atoms with Crippen molar-refractivity contribution in [2.45, 2.75) is 6.92 Å². The molecule has 0 spiro atoms. The lowest BCUT2D eigenvalue weighted by molar-refractivity contribution is 0.102. The molecule has 0 saturated carbocycles. The molecule has 0 aliphatic heterocycles. The van der Waals surface area contributed by atoms with Gasteiger partial charge in [0, 0.05) is 11.6 Å². The molecule has 3 rings (SSSR count). The minimum Gasteiger partial charge on any atom is -0.360 e. The number of nitrogens with one attached hydrogen (secondary N) is 1. The third-order valence-electron chi connectivity index (χ3n) is 2.84. The Bertz CT molecular complexity index is 751. The Morgan fingerprint density at radius 2 is 1.90 bits per heavy atom. The van der Waals surface area contributed by atoms with Crippen LogP contribution in [0.5, 0.6) is 0 Å². The Balaban J connectivity index is 1.76. The van der Waals surface area contributed by atoms with Crippen molar-refractivity contribution in [1.82, 2.24) is 15.4 Å². The zero-order valence-corrected chi connectivity index (χ0v) is 11.3. The van der Waals surface area contributed by atoms with Gasteiger partial charge in [-0.15, -0.1) is 10.2 Å². The molecule has 2 aromatic heterocycles. The predicted octanol–water partition coefficient (Wildman–Crippen LogP) is 2.69. The first-order chi connectivity index (χ1) is 10.2. The highest BCUT2D eigenvalue weighted by Gasteiger charge is 2.11. The van der Waals surface area contributed by atoms with Gasteiger partial charge in [0.15, 0.2) is 11.5 Å². The Morgan fingerprint density at radius 1 is 1.10 bits per heavy atom. The van der Waals surface area contributed by atoms with E-state index in [-0.39, 0.29) is 11.6 Å². The van der Waals surface area contributed by atoms with Gasteiger partial charge in [-0.05, 0) is 19.1 Å². The van der Waals surface area contributed by atoms with Gasteiger partial charge < -0.3 is 9.84 Å². The zero-order valence-electron chi connectivity index (χ0n) is 11.3. The fourth-order valence-corrected chi connectivity index (χ4v) is 1.82. The molecule has 0 unspecified atom stereocenters. The smallest absolute Gasteiger partial charge is 0.277 e. The lowest BCUT2D eigenvalue weighted by Gasteiger charge is -2.02. The molecule has 21 heavy (non-hydrogen) atoms. The second-order valence-corrected chi connectivity index (χ2v) is 4.45. The van der Waals surface area contributed by atoms with E-state index >= 15 is 0 Å². The zero-order chi connectivity index (χ0) is 14.7. The number of hydrogen-bond acceptors (Lipinski definition) is 5. The van der Waals surface area contributed by atoms with E-state index in [9.17, 15) is 4.79 Å². The van der Waals surface area contributed by atoms with Gasteiger partial charge in [-0.1, -0.05) is 35.5 Å². The van der Waals surface area contributed by atoms with Gasteiger partial charge in [0.25, 0.3) is 5.91 Å². The average molecular weight is 280 g/mol. The number of hydrogen-bond donors (Lipinski definition) is 1. The molecule has 1 N–H and O–H groups in total. The molecular formula is C15H12N4O2. The number of benzene rings is 1. The molecular weight excluding hydrogens is 268 g/mol. The van der Waals surface area contributed by atoms with E-state index in [1.54, 1.807) is 25.1 Å². The highest BCUT2D eigenvalue weighted by atomic mass is 16.5. The van der Waals surface area contributed by atoms with Crippen molar-refractivity contribution < 1.29 is 9.32 Å². The van der Waals surface area contributed by atoms with Gasteiger partial charge in [0.2, 0.25) is 0 Å². The molecule has 0 radical (unpaired) electrons. The van der Waals surface area contributed by atoms with Crippen molar-refractivity contribution in [1.29, 1.82) is 0 Å². The predicted molar refractivity (Wildman–Crippen MR) is 76.7 cm³/mol. The number of aryl methyl sites for hydroxylation is 1. The maximum Gasteiger partial charge on any atom is 0.277 e. The Kier molecular flexibility index (Phi) is 3.42. The van der Waals surface area contributed by atoms with Crippen LogP contribution in [-0.2, 0) is 0 Å². The maximum atomic E-state index is 12.0. The van der Waals surface area contributed by atoms with E-state index in [0.29, 0.717) is 17.3 Å². The summed E-state index contributed by atoms with van der Waals surface area (Å²) in [5, 5.41) is 14.3. The molecule has 0 saturated heterocycles. The third kappa shape index (κ3) is 2.94. The third-order valence-corrected chi connectivity index (χ3v) is 2.84. The molecule has 6 nitrogen and oxygen atoms in total. The number of nitrogens with zero attached hydrogens (tertiary/aromatic N) is 3. The van der Waals surface area contributed by atoms with Crippen LogP contribution in [0.1, 0.15) is 16.2 Å². The summed E-state index contributed by atoms with van der Waals surface area (Å²) in [6.45, 7) is 1.75. The topological polar surface area (TPSA) is 80.9 Å². The maximum absolute atomic E-state index is 12.0. The lowest BCUT2D eigenvalue weighted by atomic mass is 10.1. The van der Waals surface area contributed by atoms with E-state index < -0.39 is 0 Å². The second kappa shape index (κ2) is 5.54. The number of rotatable bonds is 3. The van der Waals surface area contributed by atoms with Gasteiger partial charge in [0.05, 0.1) is 5.69 Å². The standard InChI is InChI=1S/C15H12N4O2/c1-10-9-14(19-21-10)16-15(20)13-8-7-12(17-18-13)11-5-3-2-4-6-11/h2-9H,1H3,(H,16,19,20). The fourth-order valence-electron chi connectivity index (χ4n) is 1.82. The molecule has 3 aromatic rings. The molecule has 0 atom stereocenters. The average Bonchev–Trinajstić information content (AvgIpc) is 2.93. The summed E-state index contributed by atoms with van der Waals surface area (Å²) in [7, 11) is 0. The molecule has 0 fully saturated rings. The van der Waals surface area contributed by atoms with Crippen LogP contribution in [0.3, 0.4) is 0 Å². The molecule has 6 heteroatoms. The first kappa shape index (κ1) is 13.0.